The number of ether oxygens (including phenoxy) is 1. The molecule has 1 amide bonds. The molecule has 0 bridgehead atoms. The largest absolute Gasteiger partial charge is 0.481 e. The Balaban J connectivity index is 1.87. The minimum Gasteiger partial charge on any atom is -0.481 e. The highest BCUT2D eigenvalue weighted by molar-refractivity contribution is 8.45. The summed E-state index contributed by atoms with van der Waals surface area (Å²) in [6, 6.07) is 3.46. The second-order valence-electron chi connectivity index (χ2n) is 8.78. The summed E-state index contributed by atoms with van der Waals surface area (Å²) >= 11 is 11.8. The maximum atomic E-state index is 13.3. The van der Waals surface area contributed by atoms with Crippen LogP contribution in [0.3, 0.4) is 0 Å². The van der Waals surface area contributed by atoms with E-state index in [-0.39, 0.29) is 37.1 Å². The number of halogens is 7. The summed E-state index contributed by atoms with van der Waals surface area (Å²) in [7, 11) is -10.2. The van der Waals surface area contributed by atoms with Crippen molar-refractivity contribution in [1.29, 1.82) is 10.5 Å². The van der Waals surface area contributed by atoms with Crippen molar-refractivity contribution in [3.05, 3.63) is 33.4 Å². The lowest BCUT2D eigenvalue weighted by Crippen LogP contribution is -2.25. The number of hydrogen-bond donors (Lipinski definition) is 2. The standard InChI is InChI=1S/C20H14Cl2F5N5O4S/c21-11-5-10(37(23,24,25,26)27)6-12(22)15(11)32-16(30-18(35)36-9-19(8-29)1-2-19)14(13(7-28)31-32)20(3-4-20)17(33)34/h5-6H,1-4,9H2,(H,30,35)(H,33,34). The van der Waals surface area contributed by atoms with Gasteiger partial charge in [-0.3, -0.25) is 10.1 Å². The zero-order valence-electron chi connectivity index (χ0n) is 18.2. The molecule has 1 aromatic carbocycles. The average Bonchev–Trinajstić information content (AvgIpc) is 3.69. The molecule has 2 saturated carbocycles. The summed E-state index contributed by atoms with van der Waals surface area (Å²) in [5, 5.41) is 32.6. The van der Waals surface area contributed by atoms with Crippen molar-refractivity contribution in [2.75, 3.05) is 11.9 Å². The van der Waals surface area contributed by atoms with Gasteiger partial charge >= 0.3 is 22.3 Å². The Kier molecular flexibility index (Phi) is 5.52. The van der Waals surface area contributed by atoms with Crippen LogP contribution < -0.4 is 5.32 Å². The third kappa shape index (κ3) is 4.86. The van der Waals surface area contributed by atoms with Crippen LogP contribution in [0.5, 0.6) is 0 Å². The van der Waals surface area contributed by atoms with Crippen LogP contribution in [0.1, 0.15) is 36.9 Å². The topological polar surface area (TPSA) is 141 Å². The normalized spacial score (nSPS) is 18.9. The fourth-order valence-corrected chi connectivity index (χ4v) is 5.12. The average molecular weight is 586 g/mol. The Morgan fingerprint density at radius 3 is 2.11 bits per heavy atom. The number of hydrogen-bond acceptors (Lipinski definition) is 6. The maximum absolute atomic E-state index is 13.3. The third-order valence-electron chi connectivity index (χ3n) is 6.07. The van der Waals surface area contributed by atoms with Crippen LogP contribution in [0, 0.1) is 28.1 Å². The molecule has 0 spiro atoms. The van der Waals surface area contributed by atoms with Crippen molar-refractivity contribution in [2.24, 2.45) is 5.41 Å². The molecule has 2 aliphatic rings. The lowest BCUT2D eigenvalue weighted by molar-refractivity contribution is -0.140. The monoisotopic (exact) mass is 585 g/mol. The lowest BCUT2D eigenvalue weighted by atomic mass is 9.95. The van der Waals surface area contributed by atoms with Crippen LogP contribution in [-0.4, -0.2) is 33.6 Å². The van der Waals surface area contributed by atoms with Gasteiger partial charge in [-0.2, -0.15) is 15.6 Å². The molecule has 2 aliphatic carbocycles. The quantitative estimate of drug-likeness (QED) is 0.345. The van der Waals surface area contributed by atoms with Crippen molar-refractivity contribution < 1.29 is 38.9 Å². The summed E-state index contributed by atoms with van der Waals surface area (Å²) in [6.45, 7) is -0.311. The van der Waals surface area contributed by atoms with Gasteiger partial charge in [0.05, 0.1) is 32.5 Å². The van der Waals surface area contributed by atoms with Gasteiger partial charge < -0.3 is 9.84 Å². The Morgan fingerprint density at radius 2 is 1.70 bits per heavy atom. The summed E-state index contributed by atoms with van der Waals surface area (Å²) < 4.78 is 72.3. The van der Waals surface area contributed by atoms with Crippen LogP contribution in [0.25, 0.3) is 5.69 Å². The van der Waals surface area contributed by atoms with Crippen LogP contribution in [0.4, 0.5) is 30.0 Å². The second kappa shape index (κ2) is 7.63. The highest BCUT2D eigenvalue weighted by Gasteiger charge is 2.66. The number of nitrogens with one attached hydrogen (secondary N) is 1. The lowest BCUT2D eigenvalue weighted by Gasteiger charge is -2.40. The van der Waals surface area contributed by atoms with Gasteiger partial charge in [-0.1, -0.05) is 42.6 Å². The second-order valence-corrected chi connectivity index (χ2v) is 12.0. The van der Waals surface area contributed by atoms with Crippen molar-refractivity contribution in [3.63, 3.8) is 0 Å². The molecule has 4 rings (SSSR count). The first kappa shape index (κ1) is 26.8. The number of anilines is 1. The van der Waals surface area contributed by atoms with Crippen LogP contribution in [0.15, 0.2) is 17.0 Å². The first-order valence-electron chi connectivity index (χ1n) is 10.2. The molecule has 0 unspecified atom stereocenters. The molecular weight excluding hydrogens is 572 g/mol. The van der Waals surface area contributed by atoms with Gasteiger partial charge in [0.15, 0.2) is 5.69 Å². The van der Waals surface area contributed by atoms with Gasteiger partial charge in [0.2, 0.25) is 0 Å². The molecule has 0 aliphatic heterocycles. The van der Waals surface area contributed by atoms with E-state index in [2.05, 4.69) is 10.4 Å². The van der Waals surface area contributed by atoms with Crippen molar-refractivity contribution >= 4 is 51.3 Å². The molecule has 0 saturated heterocycles. The predicted molar refractivity (Wildman–Crippen MR) is 120 cm³/mol. The van der Waals surface area contributed by atoms with Gasteiger partial charge in [-0.05, 0) is 37.8 Å². The summed E-state index contributed by atoms with van der Waals surface area (Å²) in [4.78, 5) is 22.2. The van der Waals surface area contributed by atoms with Gasteiger partial charge in [0.25, 0.3) is 0 Å². The smallest absolute Gasteiger partial charge is 0.412 e. The number of aliphatic carboxylic acids is 1. The number of rotatable bonds is 7. The molecule has 17 heteroatoms. The van der Waals surface area contributed by atoms with Gasteiger partial charge in [0, 0.05) is 0 Å². The summed E-state index contributed by atoms with van der Waals surface area (Å²) in [5.74, 6) is -1.90. The molecular formula is C20H14Cl2F5N5O4S. The maximum Gasteiger partial charge on any atom is 0.412 e. The molecule has 1 aromatic heterocycles. The first-order valence-corrected chi connectivity index (χ1v) is 12.9. The Hall–Kier alpha value is -3.27. The van der Waals surface area contributed by atoms with Gasteiger partial charge in [0.1, 0.15) is 29.1 Å². The third-order valence-corrected chi connectivity index (χ3v) is 7.77. The molecule has 2 fully saturated rings. The number of benzene rings is 1. The van der Waals surface area contributed by atoms with E-state index in [9.17, 15) is 39.4 Å². The number of carbonyl (C=O) groups is 2. The molecule has 2 aromatic rings. The van der Waals surface area contributed by atoms with E-state index in [0.717, 1.165) is 0 Å². The number of nitriles is 2. The molecule has 9 nitrogen and oxygen atoms in total. The first-order chi connectivity index (χ1) is 16.9. The molecule has 2 N–H and O–H groups in total. The molecule has 1 heterocycles. The van der Waals surface area contributed by atoms with E-state index in [0.29, 0.717) is 17.5 Å². The van der Waals surface area contributed by atoms with Crippen LogP contribution in [0.2, 0.25) is 10.0 Å². The van der Waals surface area contributed by atoms with Crippen molar-refractivity contribution in [1.82, 2.24) is 9.78 Å². The van der Waals surface area contributed by atoms with Crippen LogP contribution in [-0.2, 0) is 14.9 Å². The SMILES string of the molecule is N#Cc1nn(-c2c(Cl)cc(S(F)(F)(F)(F)F)cc2Cl)c(NC(=O)OCC2(C#N)CC2)c1C1(C(=O)O)CC1. The van der Waals surface area contributed by atoms with Crippen molar-refractivity contribution in [3.8, 4) is 17.8 Å². The number of carboxylic acid groups (broad SMARTS) is 1. The van der Waals surface area contributed by atoms with Gasteiger partial charge in [-0.15, -0.1) is 0 Å². The predicted octanol–water partition coefficient (Wildman–Crippen LogP) is 6.68. The Morgan fingerprint density at radius 1 is 1.14 bits per heavy atom. The van der Waals surface area contributed by atoms with E-state index >= 15 is 0 Å². The number of amides is 1. The highest BCUT2D eigenvalue weighted by atomic mass is 35.5. The number of carbonyl (C=O) groups excluding carboxylic acids is 1. The number of nitrogens with zero attached hydrogens (tertiary/aromatic N) is 4. The number of aromatic nitrogens is 2. The van der Waals surface area contributed by atoms with E-state index in [1.165, 1.54) is 0 Å². The fraction of sp³-hybridized carbons (Fsp3) is 0.350. The summed E-state index contributed by atoms with van der Waals surface area (Å²) in [6.07, 6.45) is -0.205. The fourth-order valence-electron chi connectivity index (χ4n) is 3.67. The van der Waals surface area contributed by atoms with E-state index in [1.54, 1.807) is 6.07 Å². The van der Waals surface area contributed by atoms with E-state index in [4.69, 9.17) is 33.2 Å². The highest BCUT2D eigenvalue weighted by Crippen LogP contribution is 3.02. The minimum absolute atomic E-state index is 0.0224. The Labute approximate surface area is 215 Å². The van der Waals surface area contributed by atoms with Crippen molar-refractivity contribution in [2.45, 2.75) is 36.0 Å². The zero-order valence-corrected chi connectivity index (χ0v) is 20.5. The minimum atomic E-state index is -10.2. The Bertz CT molecular complexity index is 1440. The molecule has 0 radical (unpaired) electrons. The molecule has 198 valence electrons. The van der Waals surface area contributed by atoms with E-state index in [1.807, 2.05) is 6.07 Å². The van der Waals surface area contributed by atoms with Crippen LogP contribution >= 0.6 is 33.4 Å². The van der Waals surface area contributed by atoms with E-state index < -0.39 is 65.3 Å². The zero-order chi connectivity index (χ0) is 27.7. The number of carboxylic acids is 1. The summed E-state index contributed by atoms with van der Waals surface area (Å²) in [5.41, 5.74) is -4.02. The molecule has 37 heavy (non-hydrogen) atoms. The molecule has 0 atom stereocenters. The van der Waals surface area contributed by atoms with Gasteiger partial charge in [-0.25, -0.2) is 9.48 Å².